The standard InChI is InChI=1S/C11H22N2O2.ClH/c1-11(2,3)9(12)10(14)13(4)8-5-6-15-7-8;/h8-9H,5-7,12H2,1-4H3;1H/t8?,9-;/m1./s1. The molecule has 16 heavy (non-hydrogen) atoms. The number of likely N-dealkylation sites (N-methyl/N-ethyl adjacent to an activating group) is 1. The Hall–Kier alpha value is -0.320. The predicted octanol–water partition coefficient (Wildman–Crippen LogP) is 1.03. The average Bonchev–Trinajstić information content (AvgIpc) is 2.65. The molecule has 1 fully saturated rings. The summed E-state index contributed by atoms with van der Waals surface area (Å²) in [6, 6.07) is -0.242. The number of halogens is 1. The molecule has 0 aliphatic carbocycles. The smallest absolute Gasteiger partial charge is 0.240 e. The number of hydrogen-bond donors (Lipinski definition) is 1. The maximum absolute atomic E-state index is 12.0. The van der Waals surface area contributed by atoms with Crippen molar-refractivity contribution in [3.63, 3.8) is 0 Å². The number of nitrogens with two attached hydrogens (primary N) is 1. The summed E-state index contributed by atoms with van der Waals surface area (Å²) >= 11 is 0. The molecule has 5 heteroatoms. The predicted molar refractivity (Wildman–Crippen MR) is 66.7 cm³/mol. The van der Waals surface area contributed by atoms with Gasteiger partial charge in [0.05, 0.1) is 18.7 Å². The van der Waals surface area contributed by atoms with Gasteiger partial charge in [0.1, 0.15) is 0 Å². The van der Waals surface area contributed by atoms with Gasteiger partial charge in [0, 0.05) is 13.7 Å². The van der Waals surface area contributed by atoms with E-state index in [4.69, 9.17) is 10.5 Å². The van der Waals surface area contributed by atoms with Gasteiger partial charge < -0.3 is 15.4 Å². The minimum absolute atomic E-state index is 0. The van der Waals surface area contributed by atoms with Crippen LogP contribution in [0.2, 0.25) is 0 Å². The number of hydrogen-bond acceptors (Lipinski definition) is 3. The summed E-state index contributed by atoms with van der Waals surface area (Å²) in [6.45, 7) is 7.32. The zero-order chi connectivity index (χ0) is 11.6. The van der Waals surface area contributed by atoms with E-state index in [0.29, 0.717) is 6.61 Å². The van der Waals surface area contributed by atoms with E-state index in [9.17, 15) is 4.79 Å². The third-order valence-corrected chi connectivity index (χ3v) is 3.00. The van der Waals surface area contributed by atoms with Gasteiger partial charge in [-0.2, -0.15) is 0 Å². The van der Waals surface area contributed by atoms with E-state index in [-0.39, 0.29) is 29.8 Å². The highest BCUT2D eigenvalue weighted by Crippen LogP contribution is 2.20. The first-order valence-corrected chi connectivity index (χ1v) is 5.44. The molecule has 1 saturated heterocycles. The molecule has 0 saturated carbocycles. The van der Waals surface area contributed by atoms with Crippen molar-refractivity contribution in [3.05, 3.63) is 0 Å². The molecule has 1 amide bonds. The number of ether oxygens (including phenoxy) is 1. The van der Waals surface area contributed by atoms with Crippen molar-refractivity contribution in [2.75, 3.05) is 20.3 Å². The van der Waals surface area contributed by atoms with Gasteiger partial charge in [0.25, 0.3) is 0 Å². The summed E-state index contributed by atoms with van der Waals surface area (Å²) in [7, 11) is 1.81. The van der Waals surface area contributed by atoms with Crippen LogP contribution in [0.1, 0.15) is 27.2 Å². The topological polar surface area (TPSA) is 55.6 Å². The van der Waals surface area contributed by atoms with Crippen LogP contribution in [0.4, 0.5) is 0 Å². The van der Waals surface area contributed by atoms with E-state index in [1.807, 2.05) is 27.8 Å². The summed E-state index contributed by atoms with van der Waals surface area (Å²) in [5.41, 5.74) is 5.74. The molecule has 96 valence electrons. The Kier molecular flexibility index (Phi) is 5.73. The Morgan fingerprint density at radius 3 is 2.44 bits per heavy atom. The molecule has 4 nitrogen and oxygen atoms in total. The van der Waals surface area contributed by atoms with Gasteiger partial charge in [-0.05, 0) is 11.8 Å². The van der Waals surface area contributed by atoms with Crippen LogP contribution in [0.5, 0.6) is 0 Å². The molecule has 0 aromatic carbocycles. The molecule has 0 bridgehead atoms. The second-order valence-electron chi connectivity index (χ2n) is 5.31. The van der Waals surface area contributed by atoms with Crippen LogP contribution in [-0.4, -0.2) is 43.2 Å². The molecule has 0 aromatic rings. The lowest BCUT2D eigenvalue weighted by Crippen LogP contribution is -2.52. The van der Waals surface area contributed by atoms with Gasteiger partial charge in [-0.3, -0.25) is 4.79 Å². The maximum Gasteiger partial charge on any atom is 0.240 e. The Morgan fingerprint density at radius 2 is 2.06 bits per heavy atom. The summed E-state index contributed by atoms with van der Waals surface area (Å²) < 4.78 is 5.26. The Bertz CT molecular complexity index is 235. The highest BCUT2D eigenvalue weighted by Gasteiger charge is 2.33. The molecule has 1 aliphatic heterocycles. The molecule has 1 aliphatic rings. The number of carbonyl (C=O) groups excluding carboxylic acids is 1. The molecular weight excluding hydrogens is 228 g/mol. The fourth-order valence-corrected chi connectivity index (χ4v) is 1.60. The van der Waals surface area contributed by atoms with E-state index in [1.54, 1.807) is 4.90 Å². The van der Waals surface area contributed by atoms with Gasteiger partial charge in [-0.25, -0.2) is 0 Å². The number of amides is 1. The number of rotatable bonds is 2. The Balaban J connectivity index is 0.00000225. The summed E-state index contributed by atoms with van der Waals surface area (Å²) in [5.74, 6) is 0.0120. The zero-order valence-corrected chi connectivity index (χ0v) is 11.3. The van der Waals surface area contributed by atoms with Crippen LogP contribution in [0, 0.1) is 5.41 Å². The molecule has 1 unspecified atom stereocenters. The van der Waals surface area contributed by atoms with Gasteiger partial charge >= 0.3 is 0 Å². The zero-order valence-electron chi connectivity index (χ0n) is 10.5. The monoisotopic (exact) mass is 250 g/mol. The number of carbonyl (C=O) groups is 1. The summed E-state index contributed by atoms with van der Waals surface area (Å²) in [6.07, 6.45) is 0.916. The first-order valence-electron chi connectivity index (χ1n) is 5.44. The largest absolute Gasteiger partial charge is 0.379 e. The Morgan fingerprint density at radius 1 is 1.50 bits per heavy atom. The molecule has 1 rings (SSSR count). The van der Waals surface area contributed by atoms with E-state index < -0.39 is 6.04 Å². The maximum atomic E-state index is 12.0. The lowest BCUT2D eigenvalue weighted by atomic mass is 9.86. The minimum Gasteiger partial charge on any atom is -0.379 e. The van der Waals surface area contributed by atoms with E-state index in [0.717, 1.165) is 13.0 Å². The lowest BCUT2D eigenvalue weighted by molar-refractivity contribution is -0.135. The fraction of sp³-hybridized carbons (Fsp3) is 0.909. The van der Waals surface area contributed by atoms with Gasteiger partial charge in [0.2, 0.25) is 5.91 Å². The normalized spacial score (nSPS) is 22.4. The van der Waals surface area contributed by atoms with E-state index in [1.165, 1.54) is 0 Å². The van der Waals surface area contributed by atoms with Gasteiger partial charge in [-0.15, -0.1) is 12.4 Å². The van der Waals surface area contributed by atoms with E-state index >= 15 is 0 Å². The average molecular weight is 251 g/mol. The first kappa shape index (κ1) is 15.7. The summed E-state index contributed by atoms with van der Waals surface area (Å²) in [4.78, 5) is 13.8. The van der Waals surface area contributed by atoms with Gasteiger partial charge in [0.15, 0.2) is 0 Å². The quantitative estimate of drug-likeness (QED) is 0.797. The van der Waals surface area contributed by atoms with Crippen LogP contribution in [-0.2, 0) is 9.53 Å². The van der Waals surface area contributed by atoms with Crippen LogP contribution in [0.25, 0.3) is 0 Å². The molecule has 1 heterocycles. The SMILES string of the molecule is CN(C(=O)[C@@H](N)C(C)(C)C)C1CCOC1.Cl. The second-order valence-corrected chi connectivity index (χ2v) is 5.31. The molecule has 2 N–H and O–H groups in total. The highest BCUT2D eigenvalue weighted by atomic mass is 35.5. The number of nitrogens with zero attached hydrogens (tertiary/aromatic N) is 1. The van der Waals surface area contributed by atoms with Crippen LogP contribution >= 0.6 is 12.4 Å². The third-order valence-electron chi connectivity index (χ3n) is 3.00. The third kappa shape index (κ3) is 3.61. The highest BCUT2D eigenvalue weighted by molar-refractivity contribution is 5.85. The minimum atomic E-state index is -0.442. The lowest BCUT2D eigenvalue weighted by Gasteiger charge is -2.32. The Labute approximate surface area is 104 Å². The first-order chi connectivity index (χ1) is 6.84. The van der Waals surface area contributed by atoms with Crippen molar-refractivity contribution >= 4 is 18.3 Å². The second kappa shape index (κ2) is 5.84. The molecular formula is C11H23ClN2O2. The van der Waals surface area contributed by atoms with Gasteiger partial charge in [-0.1, -0.05) is 20.8 Å². The van der Waals surface area contributed by atoms with Crippen molar-refractivity contribution in [2.45, 2.75) is 39.3 Å². The molecule has 0 radical (unpaired) electrons. The van der Waals surface area contributed by atoms with Crippen molar-refractivity contribution in [3.8, 4) is 0 Å². The molecule has 0 aromatic heterocycles. The van der Waals surface area contributed by atoms with Crippen molar-refractivity contribution in [2.24, 2.45) is 11.1 Å². The van der Waals surface area contributed by atoms with Crippen LogP contribution in [0.3, 0.4) is 0 Å². The van der Waals surface area contributed by atoms with E-state index in [2.05, 4.69) is 0 Å². The summed E-state index contributed by atoms with van der Waals surface area (Å²) in [5, 5.41) is 0. The van der Waals surface area contributed by atoms with Crippen molar-refractivity contribution in [1.82, 2.24) is 4.90 Å². The molecule has 0 spiro atoms. The fourth-order valence-electron chi connectivity index (χ4n) is 1.60. The van der Waals surface area contributed by atoms with Crippen LogP contribution < -0.4 is 5.73 Å². The van der Waals surface area contributed by atoms with Crippen molar-refractivity contribution in [1.29, 1.82) is 0 Å². The van der Waals surface area contributed by atoms with Crippen LogP contribution in [0.15, 0.2) is 0 Å². The molecule has 2 atom stereocenters. The van der Waals surface area contributed by atoms with Crippen molar-refractivity contribution < 1.29 is 9.53 Å².